The molecule has 0 radical (unpaired) electrons. The van der Waals surface area contributed by atoms with E-state index in [9.17, 15) is 19.4 Å². The summed E-state index contributed by atoms with van der Waals surface area (Å²) >= 11 is 0. The molecule has 0 spiro atoms. The molecule has 0 heterocycles. The number of benzene rings is 1. The van der Waals surface area contributed by atoms with Gasteiger partial charge in [-0.25, -0.2) is 4.39 Å². The van der Waals surface area contributed by atoms with Crippen LogP contribution < -0.4 is 4.74 Å². The van der Waals surface area contributed by atoms with E-state index >= 15 is 0 Å². The van der Waals surface area contributed by atoms with Crippen molar-refractivity contribution in [3.05, 3.63) is 29.6 Å². The van der Waals surface area contributed by atoms with E-state index in [1.54, 1.807) is 6.92 Å². The van der Waals surface area contributed by atoms with E-state index in [0.717, 1.165) is 12.1 Å². The van der Waals surface area contributed by atoms with E-state index in [1.165, 1.54) is 6.07 Å². The summed E-state index contributed by atoms with van der Waals surface area (Å²) in [5.41, 5.74) is 0.0761. The van der Waals surface area contributed by atoms with Crippen molar-refractivity contribution in [3.8, 4) is 5.75 Å². The Balaban J connectivity index is 2.90. The second-order valence-electron chi connectivity index (χ2n) is 3.76. The van der Waals surface area contributed by atoms with Gasteiger partial charge in [0.25, 0.3) is 0 Å². The van der Waals surface area contributed by atoms with Crippen LogP contribution in [-0.2, 0) is 4.79 Å². The standard InChI is InChI=1S/C12H15FO5/c1-2-18-9-4-7(3-8(13)5-9)12(17)10(14)6-11(15)16/h3-5,10,12,14,17H,2,6H2,1H3,(H,15,16). The Kier molecular flexibility index (Phi) is 5.06. The van der Waals surface area contributed by atoms with Crippen molar-refractivity contribution < 1.29 is 29.2 Å². The number of hydrogen-bond donors (Lipinski definition) is 3. The maximum Gasteiger partial charge on any atom is 0.306 e. The van der Waals surface area contributed by atoms with Crippen molar-refractivity contribution in [3.63, 3.8) is 0 Å². The molecule has 0 amide bonds. The van der Waals surface area contributed by atoms with Gasteiger partial charge >= 0.3 is 5.97 Å². The van der Waals surface area contributed by atoms with Crippen LogP contribution in [0.4, 0.5) is 4.39 Å². The molecule has 0 aromatic heterocycles. The summed E-state index contributed by atoms with van der Waals surface area (Å²) in [7, 11) is 0. The zero-order chi connectivity index (χ0) is 13.7. The van der Waals surface area contributed by atoms with Crippen LogP contribution in [0, 0.1) is 5.82 Å². The lowest BCUT2D eigenvalue weighted by atomic mass is 10.0. The first kappa shape index (κ1) is 14.4. The molecule has 0 aliphatic carbocycles. The van der Waals surface area contributed by atoms with Gasteiger partial charge in [-0.3, -0.25) is 4.79 Å². The molecule has 2 unspecified atom stereocenters. The molecule has 0 bridgehead atoms. The van der Waals surface area contributed by atoms with Gasteiger partial charge in [0.1, 0.15) is 17.7 Å². The second-order valence-corrected chi connectivity index (χ2v) is 3.76. The maximum absolute atomic E-state index is 13.2. The fraction of sp³-hybridized carbons (Fsp3) is 0.417. The van der Waals surface area contributed by atoms with Gasteiger partial charge in [0, 0.05) is 6.07 Å². The Morgan fingerprint density at radius 1 is 1.39 bits per heavy atom. The lowest BCUT2D eigenvalue weighted by Gasteiger charge is -2.17. The summed E-state index contributed by atoms with van der Waals surface area (Å²) in [6.45, 7) is 2.05. The first-order chi connectivity index (χ1) is 8.43. The number of aliphatic carboxylic acids is 1. The zero-order valence-corrected chi connectivity index (χ0v) is 9.84. The maximum atomic E-state index is 13.2. The fourth-order valence-electron chi connectivity index (χ4n) is 1.52. The second kappa shape index (κ2) is 6.32. The highest BCUT2D eigenvalue weighted by Gasteiger charge is 2.22. The van der Waals surface area contributed by atoms with Gasteiger partial charge in [0.15, 0.2) is 0 Å². The van der Waals surface area contributed by atoms with E-state index in [1.807, 2.05) is 0 Å². The molecular formula is C12H15FO5. The van der Waals surface area contributed by atoms with Crippen LogP contribution in [0.1, 0.15) is 25.0 Å². The Bertz CT molecular complexity index is 421. The highest BCUT2D eigenvalue weighted by Crippen LogP contribution is 2.24. The largest absolute Gasteiger partial charge is 0.494 e. The summed E-state index contributed by atoms with van der Waals surface area (Å²) in [5.74, 6) is -1.66. The summed E-state index contributed by atoms with van der Waals surface area (Å²) in [5, 5.41) is 27.7. The fourth-order valence-corrected chi connectivity index (χ4v) is 1.52. The van der Waals surface area contributed by atoms with Gasteiger partial charge in [0.05, 0.1) is 19.1 Å². The number of ether oxygens (including phenoxy) is 1. The minimum Gasteiger partial charge on any atom is -0.494 e. The Morgan fingerprint density at radius 2 is 2.06 bits per heavy atom. The van der Waals surface area contributed by atoms with Crippen LogP contribution in [0.3, 0.4) is 0 Å². The molecular weight excluding hydrogens is 243 g/mol. The van der Waals surface area contributed by atoms with E-state index in [0.29, 0.717) is 6.61 Å². The van der Waals surface area contributed by atoms with Gasteiger partial charge in [0.2, 0.25) is 0 Å². The van der Waals surface area contributed by atoms with Gasteiger partial charge in [-0.2, -0.15) is 0 Å². The van der Waals surface area contributed by atoms with Gasteiger partial charge in [-0.1, -0.05) is 0 Å². The van der Waals surface area contributed by atoms with Crippen LogP contribution >= 0.6 is 0 Å². The Labute approximate surface area is 103 Å². The molecule has 1 aromatic rings. The molecule has 5 nitrogen and oxygen atoms in total. The SMILES string of the molecule is CCOc1cc(F)cc(C(O)C(O)CC(=O)O)c1. The predicted octanol–water partition coefficient (Wildman–Crippen LogP) is 1.09. The lowest BCUT2D eigenvalue weighted by Crippen LogP contribution is -2.21. The third kappa shape index (κ3) is 3.97. The molecule has 1 aromatic carbocycles. The van der Waals surface area contributed by atoms with Crippen molar-refractivity contribution in [2.75, 3.05) is 6.61 Å². The van der Waals surface area contributed by atoms with Crippen LogP contribution in [0.5, 0.6) is 5.75 Å². The number of carboxylic acid groups (broad SMARTS) is 1. The summed E-state index contributed by atoms with van der Waals surface area (Å²) < 4.78 is 18.3. The van der Waals surface area contributed by atoms with E-state index in [2.05, 4.69) is 0 Å². The number of hydrogen-bond acceptors (Lipinski definition) is 4. The molecule has 0 aliphatic rings. The molecule has 6 heteroatoms. The number of aliphatic hydroxyl groups is 2. The molecule has 18 heavy (non-hydrogen) atoms. The molecule has 2 atom stereocenters. The molecule has 100 valence electrons. The molecule has 0 aliphatic heterocycles. The van der Waals surface area contributed by atoms with Gasteiger partial charge < -0.3 is 20.1 Å². The number of halogens is 1. The van der Waals surface area contributed by atoms with Crippen molar-refractivity contribution in [1.29, 1.82) is 0 Å². The van der Waals surface area contributed by atoms with Crippen molar-refractivity contribution in [1.82, 2.24) is 0 Å². The van der Waals surface area contributed by atoms with Crippen molar-refractivity contribution >= 4 is 5.97 Å². The number of rotatable bonds is 6. The Hall–Kier alpha value is -1.66. The number of aliphatic hydroxyl groups excluding tert-OH is 2. The van der Waals surface area contributed by atoms with Crippen LogP contribution in [0.25, 0.3) is 0 Å². The Morgan fingerprint density at radius 3 is 2.61 bits per heavy atom. The van der Waals surface area contributed by atoms with Crippen LogP contribution in [0.2, 0.25) is 0 Å². The highest BCUT2D eigenvalue weighted by atomic mass is 19.1. The topological polar surface area (TPSA) is 87.0 Å². The third-order valence-electron chi connectivity index (χ3n) is 2.29. The molecule has 1 rings (SSSR count). The quantitative estimate of drug-likeness (QED) is 0.711. The number of carbonyl (C=O) groups is 1. The van der Waals surface area contributed by atoms with E-state index < -0.39 is 30.4 Å². The first-order valence-electron chi connectivity index (χ1n) is 5.45. The predicted molar refractivity (Wildman–Crippen MR) is 60.8 cm³/mol. The monoisotopic (exact) mass is 258 g/mol. The van der Waals surface area contributed by atoms with Crippen LogP contribution in [0.15, 0.2) is 18.2 Å². The van der Waals surface area contributed by atoms with E-state index in [-0.39, 0.29) is 11.3 Å². The van der Waals surface area contributed by atoms with Gasteiger partial charge in [-0.15, -0.1) is 0 Å². The van der Waals surface area contributed by atoms with Gasteiger partial charge in [-0.05, 0) is 24.6 Å². The minimum absolute atomic E-state index is 0.0761. The van der Waals surface area contributed by atoms with E-state index in [4.69, 9.17) is 9.84 Å². The lowest BCUT2D eigenvalue weighted by molar-refractivity contribution is -0.141. The van der Waals surface area contributed by atoms with Crippen molar-refractivity contribution in [2.24, 2.45) is 0 Å². The molecule has 0 saturated heterocycles. The first-order valence-corrected chi connectivity index (χ1v) is 5.45. The third-order valence-corrected chi connectivity index (χ3v) is 2.29. The molecule has 3 N–H and O–H groups in total. The summed E-state index contributed by atoms with van der Waals surface area (Å²) in [6.07, 6.45) is -3.60. The number of carboxylic acids is 1. The normalized spacial score (nSPS) is 14.0. The smallest absolute Gasteiger partial charge is 0.306 e. The molecule has 0 saturated carbocycles. The molecule has 0 fully saturated rings. The van der Waals surface area contributed by atoms with Crippen LogP contribution in [-0.4, -0.2) is 34.0 Å². The highest BCUT2D eigenvalue weighted by molar-refractivity contribution is 5.67. The van der Waals surface area contributed by atoms with Crippen molar-refractivity contribution in [2.45, 2.75) is 25.6 Å². The zero-order valence-electron chi connectivity index (χ0n) is 9.84. The average molecular weight is 258 g/mol. The average Bonchev–Trinajstić information content (AvgIpc) is 2.26. The summed E-state index contributed by atoms with van der Waals surface area (Å²) in [6, 6.07) is 3.53. The summed E-state index contributed by atoms with van der Waals surface area (Å²) in [4.78, 5) is 10.4. The minimum atomic E-state index is -1.50.